The van der Waals surface area contributed by atoms with E-state index in [0.717, 1.165) is 53.2 Å². The van der Waals surface area contributed by atoms with Gasteiger partial charge in [0.1, 0.15) is 17.2 Å². The monoisotopic (exact) mass is 516 g/mol. The number of thiophene rings is 1. The summed E-state index contributed by atoms with van der Waals surface area (Å²) in [6.07, 6.45) is 7.06. The molecule has 1 atom stereocenters. The van der Waals surface area contributed by atoms with Crippen LogP contribution >= 0.6 is 11.3 Å². The molecule has 3 N–H and O–H groups in total. The first kappa shape index (κ1) is 25.0. The van der Waals surface area contributed by atoms with Gasteiger partial charge in [0.2, 0.25) is 0 Å². The first-order chi connectivity index (χ1) is 18.0. The molecule has 0 saturated heterocycles. The molecule has 4 aromatic rings. The summed E-state index contributed by atoms with van der Waals surface area (Å²) in [5.74, 6) is -0.0619. The van der Waals surface area contributed by atoms with Gasteiger partial charge in [-0.3, -0.25) is 14.0 Å². The van der Waals surface area contributed by atoms with Crippen LogP contribution in [0.1, 0.15) is 60.0 Å². The Bertz CT molecular complexity index is 1390. The quantitative estimate of drug-likeness (QED) is 0.248. The molecule has 1 amide bonds. The average Bonchev–Trinajstić information content (AvgIpc) is 3.50. The van der Waals surface area contributed by atoms with Crippen LogP contribution in [-0.2, 0) is 11.3 Å². The molecule has 37 heavy (non-hydrogen) atoms. The molecule has 8 heteroatoms. The Morgan fingerprint density at radius 2 is 1.92 bits per heavy atom. The van der Waals surface area contributed by atoms with Crippen molar-refractivity contribution in [3.05, 3.63) is 76.8 Å². The molecule has 1 aromatic carbocycles. The van der Waals surface area contributed by atoms with E-state index in [1.165, 1.54) is 6.42 Å². The van der Waals surface area contributed by atoms with Crippen LogP contribution in [0, 0.1) is 12.8 Å². The third-order valence-electron chi connectivity index (χ3n) is 7.20. The van der Waals surface area contributed by atoms with Crippen LogP contribution in [0.25, 0.3) is 16.2 Å². The topological polar surface area (TPSA) is 95.7 Å². The minimum atomic E-state index is -0.885. The van der Waals surface area contributed by atoms with Gasteiger partial charge in [0.25, 0.3) is 5.91 Å². The maximum absolute atomic E-state index is 13.3. The van der Waals surface area contributed by atoms with Crippen molar-refractivity contribution >= 4 is 34.7 Å². The largest absolute Gasteiger partial charge is 0.481 e. The smallest absolute Gasteiger partial charge is 0.305 e. The second kappa shape index (κ2) is 11.2. The van der Waals surface area contributed by atoms with Gasteiger partial charge in [-0.15, -0.1) is 11.3 Å². The summed E-state index contributed by atoms with van der Waals surface area (Å²) in [4.78, 5) is 30.8. The van der Waals surface area contributed by atoms with E-state index in [9.17, 15) is 14.7 Å². The van der Waals surface area contributed by atoms with Gasteiger partial charge in [0.05, 0.1) is 11.3 Å². The number of nitrogens with zero attached hydrogens (tertiary/aromatic N) is 2. The lowest BCUT2D eigenvalue weighted by Crippen LogP contribution is -2.42. The van der Waals surface area contributed by atoms with Crippen LogP contribution in [0.2, 0.25) is 0 Å². The second-order valence-corrected chi connectivity index (χ2v) is 10.7. The van der Waals surface area contributed by atoms with Crippen molar-refractivity contribution in [3.63, 3.8) is 0 Å². The van der Waals surface area contributed by atoms with Crippen molar-refractivity contribution in [2.75, 3.05) is 5.32 Å². The summed E-state index contributed by atoms with van der Waals surface area (Å²) in [5.41, 5.74) is 4.31. The molecule has 0 spiro atoms. The number of carboxylic acid groups (broad SMARTS) is 1. The van der Waals surface area contributed by atoms with Crippen LogP contribution in [0.4, 0.5) is 5.82 Å². The Kier molecular flexibility index (Phi) is 7.55. The van der Waals surface area contributed by atoms with Crippen molar-refractivity contribution in [1.82, 2.24) is 14.7 Å². The number of carboxylic acids is 1. The molecular weight excluding hydrogens is 484 g/mol. The number of hydrogen-bond acceptors (Lipinski definition) is 5. The fourth-order valence-electron chi connectivity index (χ4n) is 5.22. The van der Waals surface area contributed by atoms with Gasteiger partial charge in [0, 0.05) is 24.3 Å². The molecule has 0 aliphatic heterocycles. The van der Waals surface area contributed by atoms with Crippen molar-refractivity contribution in [2.24, 2.45) is 5.92 Å². The predicted molar refractivity (Wildman–Crippen MR) is 147 cm³/mol. The first-order valence-corrected chi connectivity index (χ1v) is 13.7. The number of aliphatic carboxylic acids is 1. The minimum absolute atomic E-state index is 0.0581. The van der Waals surface area contributed by atoms with Gasteiger partial charge >= 0.3 is 5.97 Å². The Labute approximate surface area is 220 Å². The number of benzene rings is 1. The maximum Gasteiger partial charge on any atom is 0.305 e. The van der Waals surface area contributed by atoms with Gasteiger partial charge in [-0.05, 0) is 60.4 Å². The Balaban J connectivity index is 1.44. The van der Waals surface area contributed by atoms with Gasteiger partial charge < -0.3 is 15.7 Å². The van der Waals surface area contributed by atoms with E-state index in [1.54, 1.807) is 23.5 Å². The molecule has 7 nitrogen and oxygen atoms in total. The zero-order valence-corrected chi connectivity index (χ0v) is 21.8. The molecule has 1 fully saturated rings. The lowest BCUT2D eigenvalue weighted by atomic mass is 9.82. The number of fused-ring (bicyclic) bond motifs is 1. The molecule has 1 saturated carbocycles. The Hall–Kier alpha value is -3.65. The molecule has 3 heterocycles. The maximum atomic E-state index is 13.3. The zero-order valence-electron chi connectivity index (χ0n) is 20.9. The van der Waals surface area contributed by atoms with Crippen molar-refractivity contribution in [1.29, 1.82) is 0 Å². The zero-order chi connectivity index (χ0) is 25.8. The number of nitrogens with one attached hydrogen (secondary N) is 2. The number of pyridine rings is 1. The van der Waals surface area contributed by atoms with Gasteiger partial charge in [-0.2, -0.15) is 0 Å². The normalized spacial score (nSPS) is 14.9. The third kappa shape index (κ3) is 5.69. The van der Waals surface area contributed by atoms with Gasteiger partial charge in [-0.25, -0.2) is 4.98 Å². The van der Waals surface area contributed by atoms with E-state index < -0.39 is 5.97 Å². The van der Waals surface area contributed by atoms with E-state index in [1.807, 2.05) is 28.8 Å². The van der Waals surface area contributed by atoms with Crippen molar-refractivity contribution < 1.29 is 14.7 Å². The summed E-state index contributed by atoms with van der Waals surface area (Å²) in [6, 6.07) is 15.5. The van der Waals surface area contributed by atoms with Crippen LogP contribution in [0.3, 0.4) is 0 Å². The van der Waals surface area contributed by atoms with Crippen LogP contribution in [0.15, 0.2) is 60.1 Å². The molecule has 3 aromatic heterocycles. The molecule has 1 aliphatic carbocycles. The molecule has 1 aliphatic rings. The summed E-state index contributed by atoms with van der Waals surface area (Å²) in [7, 11) is 0. The fourth-order valence-corrected chi connectivity index (χ4v) is 6.14. The number of carbonyl (C=O) groups excluding carboxylic acids is 1. The van der Waals surface area contributed by atoms with E-state index >= 15 is 0 Å². The highest BCUT2D eigenvalue weighted by Crippen LogP contribution is 2.35. The summed E-state index contributed by atoms with van der Waals surface area (Å²) < 4.78 is 1.98. The van der Waals surface area contributed by atoms with Crippen LogP contribution in [0.5, 0.6) is 0 Å². The van der Waals surface area contributed by atoms with Crippen molar-refractivity contribution in [2.45, 2.75) is 58.0 Å². The number of aryl methyl sites for hydroxylation is 1. The van der Waals surface area contributed by atoms with E-state index in [4.69, 9.17) is 4.98 Å². The molecular formula is C29H32N4O3S. The average molecular weight is 517 g/mol. The Morgan fingerprint density at radius 1 is 1.14 bits per heavy atom. The fraction of sp³-hybridized carbons (Fsp3) is 0.345. The standard InChI is InChI=1S/C29H32N4O3S/c1-19-13-15-37-27(19)26-28(30-18-20-8-4-2-5-9-20)33-14-12-22(16-24(33)32-26)29(36)31-23(17-25(34)35)21-10-6-3-7-11-21/h2,4-5,8-9,12-16,21,23,30H,3,6-7,10-11,17-18H2,1H3,(H,31,36)(H,34,35). The van der Waals surface area contributed by atoms with Crippen LogP contribution < -0.4 is 10.6 Å². The minimum Gasteiger partial charge on any atom is -0.481 e. The molecule has 1 unspecified atom stereocenters. The number of anilines is 1. The highest BCUT2D eigenvalue weighted by Gasteiger charge is 2.28. The number of hydrogen-bond donors (Lipinski definition) is 3. The molecule has 192 valence electrons. The molecule has 0 bridgehead atoms. The van der Waals surface area contributed by atoms with Crippen LogP contribution in [-0.4, -0.2) is 32.4 Å². The molecule has 0 radical (unpaired) electrons. The van der Waals surface area contributed by atoms with Gasteiger partial charge in [0.15, 0.2) is 0 Å². The third-order valence-corrected chi connectivity index (χ3v) is 8.22. The highest BCUT2D eigenvalue weighted by molar-refractivity contribution is 7.13. The van der Waals surface area contributed by atoms with E-state index in [-0.39, 0.29) is 24.3 Å². The summed E-state index contributed by atoms with van der Waals surface area (Å²) >= 11 is 1.64. The summed E-state index contributed by atoms with van der Waals surface area (Å²) in [5, 5.41) is 18.1. The number of imidazole rings is 1. The lowest BCUT2D eigenvalue weighted by molar-refractivity contribution is -0.137. The number of rotatable bonds is 9. The molecule has 5 rings (SSSR count). The number of aromatic nitrogens is 2. The first-order valence-electron chi connectivity index (χ1n) is 12.9. The highest BCUT2D eigenvalue weighted by atomic mass is 32.1. The van der Waals surface area contributed by atoms with E-state index in [0.29, 0.717) is 17.8 Å². The lowest BCUT2D eigenvalue weighted by Gasteiger charge is -2.30. The second-order valence-electron chi connectivity index (χ2n) is 9.80. The van der Waals surface area contributed by atoms with E-state index in [2.05, 4.69) is 41.1 Å². The number of carbonyl (C=O) groups is 2. The SMILES string of the molecule is Cc1ccsc1-c1nc2cc(C(=O)NC(CC(=O)O)C3CCCCC3)ccn2c1NCc1ccccc1. The number of amides is 1. The summed E-state index contributed by atoms with van der Waals surface area (Å²) in [6.45, 7) is 2.72. The Morgan fingerprint density at radius 3 is 2.62 bits per heavy atom. The van der Waals surface area contributed by atoms with Gasteiger partial charge in [-0.1, -0.05) is 49.6 Å². The predicted octanol–water partition coefficient (Wildman–Crippen LogP) is 6.14. The van der Waals surface area contributed by atoms with Crippen molar-refractivity contribution in [3.8, 4) is 10.6 Å².